The molecule has 2 aliphatic rings. The van der Waals surface area contributed by atoms with Gasteiger partial charge in [-0.25, -0.2) is 0 Å². The van der Waals surface area contributed by atoms with Crippen molar-refractivity contribution in [3.8, 4) is 0 Å². The number of carboxylic acid groups (broad SMARTS) is 1. The molecule has 0 heterocycles. The molecule has 0 aromatic heterocycles. The zero-order valence-corrected chi connectivity index (χ0v) is 14.1. The molecule has 2 bridgehead atoms. The molecule has 4 unspecified atom stereocenters. The topological polar surface area (TPSA) is 58.6 Å². The molecule has 2 rings (SSSR count). The van der Waals surface area contributed by atoms with Crippen LogP contribution < -0.4 is 5.32 Å². The van der Waals surface area contributed by atoms with Crippen molar-refractivity contribution in [3.05, 3.63) is 0 Å². The summed E-state index contributed by atoms with van der Waals surface area (Å²) < 4.78 is 6.13. The van der Waals surface area contributed by atoms with E-state index in [-0.39, 0.29) is 11.5 Å². The maximum Gasteiger partial charge on any atom is 0.320 e. The maximum atomic E-state index is 11.2. The Bertz CT molecular complexity index is 393. The smallest absolute Gasteiger partial charge is 0.320 e. The molecular weight excluding hydrogens is 266 g/mol. The second-order valence-electron chi connectivity index (χ2n) is 7.97. The van der Waals surface area contributed by atoms with Crippen LogP contribution >= 0.6 is 0 Å². The highest BCUT2D eigenvalue weighted by atomic mass is 16.5. The molecular formula is C17H31NO3. The standard InChI is InChI=1S/C17H31NO3/c1-11(2)18-13(15(19)20)7-9-21-14-10-12-6-8-17(14,5)16(12,3)4/h11-14,18H,6-10H2,1-5H3,(H,19,20). The highest BCUT2D eigenvalue weighted by Gasteiger charge is 2.61. The summed E-state index contributed by atoms with van der Waals surface area (Å²) >= 11 is 0. The summed E-state index contributed by atoms with van der Waals surface area (Å²) in [5.74, 6) is -0.0247. The predicted molar refractivity (Wildman–Crippen MR) is 83.3 cm³/mol. The SMILES string of the molecule is CC(C)NC(CCOC1CC2CCC1(C)C2(C)C)C(=O)O. The van der Waals surface area contributed by atoms with E-state index in [2.05, 4.69) is 26.1 Å². The molecule has 0 radical (unpaired) electrons. The molecule has 0 aromatic rings. The molecule has 122 valence electrons. The minimum atomic E-state index is -0.785. The van der Waals surface area contributed by atoms with Gasteiger partial charge in [0.05, 0.1) is 6.10 Å². The number of carbonyl (C=O) groups is 1. The summed E-state index contributed by atoms with van der Waals surface area (Å²) in [6.07, 6.45) is 4.52. The average Bonchev–Trinajstić information content (AvgIpc) is 2.70. The zero-order valence-electron chi connectivity index (χ0n) is 14.1. The number of aliphatic carboxylic acids is 1. The van der Waals surface area contributed by atoms with E-state index >= 15 is 0 Å². The Morgan fingerprint density at radius 3 is 2.48 bits per heavy atom. The molecule has 21 heavy (non-hydrogen) atoms. The molecule has 0 aliphatic heterocycles. The van der Waals surface area contributed by atoms with Gasteiger partial charge in [-0.1, -0.05) is 34.6 Å². The number of hydrogen-bond donors (Lipinski definition) is 2. The van der Waals surface area contributed by atoms with Gasteiger partial charge in [0.2, 0.25) is 0 Å². The van der Waals surface area contributed by atoms with Crippen LogP contribution in [-0.2, 0) is 9.53 Å². The predicted octanol–water partition coefficient (Wildman–Crippen LogP) is 3.06. The van der Waals surface area contributed by atoms with Gasteiger partial charge in [-0.2, -0.15) is 0 Å². The van der Waals surface area contributed by atoms with E-state index in [0.717, 1.165) is 12.3 Å². The Balaban J connectivity index is 1.86. The lowest BCUT2D eigenvalue weighted by molar-refractivity contribution is -0.140. The van der Waals surface area contributed by atoms with Crippen LogP contribution in [0.4, 0.5) is 0 Å². The van der Waals surface area contributed by atoms with Crippen molar-refractivity contribution >= 4 is 5.97 Å². The van der Waals surface area contributed by atoms with Crippen LogP contribution in [0.5, 0.6) is 0 Å². The summed E-state index contributed by atoms with van der Waals surface area (Å²) in [6.45, 7) is 11.6. The highest BCUT2D eigenvalue weighted by molar-refractivity contribution is 5.73. The second-order valence-corrected chi connectivity index (χ2v) is 7.97. The fraction of sp³-hybridized carbons (Fsp3) is 0.941. The van der Waals surface area contributed by atoms with Gasteiger partial charge < -0.3 is 15.2 Å². The Kier molecular flexibility index (Phi) is 4.69. The van der Waals surface area contributed by atoms with E-state index in [1.54, 1.807) is 0 Å². The van der Waals surface area contributed by atoms with E-state index in [1.165, 1.54) is 12.8 Å². The van der Waals surface area contributed by atoms with E-state index in [4.69, 9.17) is 4.74 Å². The van der Waals surface area contributed by atoms with Gasteiger partial charge in [-0.3, -0.25) is 4.79 Å². The minimum absolute atomic E-state index is 0.171. The van der Waals surface area contributed by atoms with Crippen LogP contribution in [0.1, 0.15) is 60.3 Å². The van der Waals surface area contributed by atoms with E-state index in [1.807, 2.05) is 13.8 Å². The molecule has 0 amide bonds. The van der Waals surface area contributed by atoms with Crippen LogP contribution in [0.3, 0.4) is 0 Å². The Morgan fingerprint density at radius 2 is 2.05 bits per heavy atom. The summed E-state index contributed by atoms with van der Waals surface area (Å²) in [5, 5.41) is 12.3. The Hall–Kier alpha value is -0.610. The molecule has 4 atom stereocenters. The summed E-state index contributed by atoms with van der Waals surface area (Å²) in [4.78, 5) is 11.2. The largest absolute Gasteiger partial charge is 0.480 e. The molecule has 4 heteroatoms. The van der Waals surface area contributed by atoms with Crippen LogP contribution in [0, 0.1) is 16.7 Å². The molecule has 2 fully saturated rings. The van der Waals surface area contributed by atoms with Crippen molar-refractivity contribution in [2.75, 3.05) is 6.61 Å². The first-order valence-electron chi connectivity index (χ1n) is 8.29. The number of rotatable bonds is 7. The van der Waals surface area contributed by atoms with Crippen LogP contribution in [0.25, 0.3) is 0 Å². The first kappa shape index (κ1) is 16.8. The number of fused-ring (bicyclic) bond motifs is 2. The van der Waals surface area contributed by atoms with Gasteiger partial charge in [-0.15, -0.1) is 0 Å². The molecule has 2 saturated carbocycles. The number of carboxylic acids is 1. The van der Waals surface area contributed by atoms with E-state index in [9.17, 15) is 9.90 Å². The summed E-state index contributed by atoms with van der Waals surface area (Å²) in [7, 11) is 0. The highest BCUT2D eigenvalue weighted by Crippen LogP contribution is 2.66. The molecule has 4 nitrogen and oxygen atoms in total. The molecule has 0 spiro atoms. The Morgan fingerprint density at radius 1 is 1.38 bits per heavy atom. The van der Waals surface area contributed by atoms with Gasteiger partial charge in [0, 0.05) is 12.6 Å². The summed E-state index contributed by atoms with van der Waals surface area (Å²) in [5.41, 5.74) is 0.599. The molecule has 0 aromatic carbocycles. The number of ether oxygens (including phenoxy) is 1. The van der Waals surface area contributed by atoms with Crippen molar-refractivity contribution < 1.29 is 14.6 Å². The normalized spacial score (nSPS) is 35.3. The minimum Gasteiger partial charge on any atom is -0.480 e. The molecule has 2 aliphatic carbocycles. The van der Waals surface area contributed by atoms with E-state index in [0.29, 0.717) is 24.5 Å². The van der Waals surface area contributed by atoms with Gasteiger partial charge in [0.25, 0.3) is 0 Å². The van der Waals surface area contributed by atoms with Gasteiger partial charge in [-0.05, 0) is 42.4 Å². The zero-order chi connectivity index (χ0) is 15.8. The van der Waals surface area contributed by atoms with Crippen molar-refractivity contribution in [2.45, 2.75) is 78.5 Å². The summed E-state index contributed by atoms with van der Waals surface area (Å²) in [6, 6.07) is -0.338. The van der Waals surface area contributed by atoms with Crippen molar-refractivity contribution in [1.82, 2.24) is 5.32 Å². The lowest BCUT2D eigenvalue weighted by Gasteiger charge is -2.39. The van der Waals surface area contributed by atoms with E-state index < -0.39 is 12.0 Å². The third-order valence-corrected chi connectivity index (χ3v) is 6.27. The van der Waals surface area contributed by atoms with Crippen molar-refractivity contribution in [3.63, 3.8) is 0 Å². The molecule has 2 N–H and O–H groups in total. The second kappa shape index (κ2) is 5.88. The van der Waals surface area contributed by atoms with Gasteiger partial charge >= 0.3 is 5.97 Å². The van der Waals surface area contributed by atoms with Crippen molar-refractivity contribution in [2.24, 2.45) is 16.7 Å². The third kappa shape index (κ3) is 2.98. The van der Waals surface area contributed by atoms with Crippen LogP contribution in [-0.4, -0.2) is 35.9 Å². The number of nitrogens with one attached hydrogen (secondary N) is 1. The number of hydrogen-bond acceptors (Lipinski definition) is 3. The quantitative estimate of drug-likeness (QED) is 0.758. The Labute approximate surface area is 128 Å². The lowest BCUT2D eigenvalue weighted by Crippen LogP contribution is -2.42. The monoisotopic (exact) mass is 297 g/mol. The lowest BCUT2D eigenvalue weighted by atomic mass is 9.70. The van der Waals surface area contributed by atoms with Crippen molar-refractivity contribution in [1.29, 1.82) is 0 Å². The molecule has 0 saturated heterocycles. The first-order valence-corrected chi connectivity index (χ1v) is 8.29. The fourth-order valence-corrected chi connectivity index (χ4v) is 4.39. The van der Waals surface area contributed by atoms with Gasteiger partial charge in [0.1, 0.15) is 6.04 Å². The third-order valence-electron chi connectivity index (χ3n) is 6.27. The fourth-order valence-electron chi connectivity index (χ4n) is 4.39. The van der Waals surface area contributed by atoms with Crippen LogP contribution in [0.15, 0.2) is 0 Å². The first-order chi connectivity index (χ1) is 9.68. The van der Waals surface area contributed by atoms with Gasteiger partial charge in [0.15, 0.2) is 0 Å². The maximum absolute atomic E-state index is 11.2. The van der Waals surface area contributed by atoms with Crippen LogP contribution in [0.2, 0.25) is 0 Å². The average molecular weight is 297 g/mol.